The van der Waals surface area contributed by atoms with Crippen molar-refractivity contribution in [3.8, 4) is 0 Å². The number of aryl methyl sites for hydroxylation is 3. The lowest BCUT2D eigenvalue weighted by molar-refractivity contribution is -0.138. The van der Waals surface area contributed by atoms with Gasteiger partial charge in [-0.25, -0.2) is 0 Å². The second-order valence-corrected chi connectivity index (χ2v) is 4.81. The maximum absolute atomic E-state index is 12.5. The Morgan fingerprint density at radius 2 is 1.47 bits per heavy atom. The summed E-state index contributed by atoms with van der Waals surface area (Å²) in [6.45, 7) is 5.96. The second-order valence-electron chi connectivity index (χ2n) is 4.81. The molecule has 4 heteroatoms. The van der Waals surface area contributed by atoms with Crippen LogP contribution in [0.15, 0.2) is 12.1 Å². The lowest BCUT2D eigenvalue weighted by Crippen LogP contribution is -2.23. The van der Waals surface area contributed by atoms with Gasteiger partial charge in [0.15, 0.2) is 0 Å². The van der Waals surface area contributed by atoms with Crippen molar-refractivity contribution in [3.05, 3.63) is 34.4 Å². The molecule has 0 radical (unpaired) electrons. The van der Waals surface area contributed by atoms with Gasteiger partial charge < -0.3 is 5.73 Å². The molecular weight excluding hydrogens is 251 g/mol. The van der Waals surface area contributed by atoms with Gasteiger partial charge >= 0.3 is 6.18 Å². The third-order valence-corrected chi connectivity index (χ3v) is 3.40. The smallest absolute Gasteiger partial charge is 0.324 e. The summed E-state index contributed by atoms with van der Waals surface area (Å²) in [6.07, 6.45) is -2.88. The van der Waals surface area contributed by atoms with Gasteiger partial charge in [-0.15, -0.1) is 0 Å². The Kier molecular flexibility index (Phi) is 5.41. The van der Waals surface area contributed by atoms with E-state index in [1.165, 1.54) is 0 Å². The van der Waals surface area contributed by atoms with Gasteiger partial charge in [-0.1, -0.05) is 32.9 Å². The summed E-state index contributed by atoms with van der Waals surface area (Å²) in [5.74, 6) is 0. The third kappa shape index (κ3) is 4.23. The summed E-state index contributed by atoms with van der Waals surface area (Å²) in [7, 11) is 0. The zero-order chi connectivity index (χ0) is 14.6. The first kappa shape index (κ1) is 16.0. The number of halogens is 3. The number of benzene rings is 1. The minimum atomic E-state index is -4.22. The molecule has 1 aromatic carbocycles. The molecule has 108 valence electrons. The molecule has 0 bridgehead atoms. The van der Waals surface area contributed by atoms with E-state index in [0.29, 0.717) is 18.4 Å². The van der Waals surface area contributed by atoms with Crippen molar-refractivity contribution >= 4 is 0 Å². The van der Waals surface area contributed by atoms with Crippen LogP contribution in [-0.2, 0) is 19.3 Å². The zero-order valence-corrected chi connectivity index (χ0v) is 11.8. The molecule has 1 aromatic rings. The Labute approximate surface area is 113 Å². The summed E-state index contributed by atoms with van der Waals surface area (Å²) in [5, 5.41) is 0. The number of nitrogens with two attached hydrogens (primary N) is 1. The minimum absolute atomic E-state index is 0.694. The summed E-state index contributed by atoms with van der Waals surface area (Å²) >= 11 is 0. The first-order valence-corrected chi connectivity index (χ1v) is 6.79. The molecule has 1 unspecified atom stereocenters. The fourth-order valence-electron chi connectivity index (χ4n) is 2.47. The quantitative estimate of drug-likeness (QED) is 0.849. The van der Waals surface area contributed by atoms with E-state index in [-0.39, 0.29) is 0 Å². The molecule has 0 amide bonds. The predicted molar refractivity (Wildman–Crippen MR) is 72.2 cm³/mol. The van der Waals surface area contributed by atoms with E-state index in [4.69, 9.17) is 5.73 Å². The average Bonchev–Trinajstić information content (AvgIpc) is 2.34. The Morgan fingerprint density at radius 1 is 1.00 bits per heavy atom. The molecule has 0 aliphatic heterocycles. The molecule has 1 nitrogen and oxygen atoms in total. The van der Waals surface area contributed by atoms with Gasteiger partial charge in [-0.2, -0.15) is 13.2 Å². The molecule has 0 saturated heterocycles. The van der Waals surface area contributed by atoms with Crippen LogP contribution in [0.3, 0.4) is 0 Å². The van der Waals surface area contributed by atoms with Crippen LogP contribution >= 0.6 is 0 Å². The van der Waals surface area contributed by atoms with Gasteiger partial charge in [0.05, 0.1) is 6.42 Å². The highest BCUT2D eigenvalue weighted by Crippen LogP contribution is 2.32. The molecule has 2 N–H and O–H groups in total. The van der Waals surface area contributed by atoms with Crippen LogP contribution in [0.25, 0.3) is 0 Å². The van der Waals surface area contributed by atoms with Gasteiger partial charge in [0, 0.05) is 6.04 Å². The van der Waals surface area contributed by atoms with Crippen LogP contribution in [0.4, 0.5) is 13.2 Å². The van der Waals surface area contributed by atoms with E-state index in [1.54, 1.807) is 0 Å². The SMILES string of the molecule is CCc1cc(CC)c(C(N)CC(F)(F)F)c(CC)c1. The van der Waals surface area contributed by atoms with Crippen molar-refractivity contribution in [2.24, 2.45) is 5.73 Å². The summed E-state index contributed by atoms with van der Waals surface area (Å²) in [4.78, 5) is 0. The molecule has 0 aliphatic carbocycles. The third-order valence-electron chi connectivity index (χ3n) is 3.40. The Balaban J connectivity index is 3.23. The minimum Gasteiger partial charge on any atom is -0.324 e. The molecule has 0 spiro atoms. The summed E-state index contributed by atoms with van der Waals surface area (Å²) in [6, 6.07) is 3.02. The first-order chi connectivity index (χ1) is 8.82. The monoisotopic (exact) mass is 273 g/mol. The lowest BCUT2D eigenvalue weighted by Gasteiger charge is -2.22. The number of alkyl halides is 3. The molecule has 0 aromatic heterocycles. The van der Waals surface area contributed by atoms with Crippen LogP contribution < -0.4 is 5.73 Å². The topological polar surface area (TPSA) is 26.0 Å². The molecular formula is C15H22F3N. The largest absolute Gasteiger partial charge is 0.390 e. The molecule has 0 saturated carbocycles. The first-order valence-electron chi connectivity index (χ1n) is 6.79. The van der Waals surface area contributed by atoms with Crippen molar-refractivity contribution in [3.63, 3.8) is 0 Å². The fraction of sp³-hybridized carbons (Fsp3) is 0.600. The number of rotatable bonds is 5. The predicted octanol–water partition coefficient (Wildman–Crippen LogP) is 4.33. The normalized spacial score (nSPS) is 13.6. The van der Waals surface area contributed by atoms with E-state index in [9.17, 15) is 13.2 Å². The van der Waals surface area contributed by atoms with Crippen LogP contribution in [0.1, 0.15) is 55.5 Å². The fourth-order valence-corrected chi connectivity index (χ4v) is 2.47. The van der Waals surface area contributed by atoms with Crippen LogP contribution in [0.2, 0.25) is 0 Å². The molecule has 19 heavy (non-hydrogen) atoms. The molecule has 1 rings (SSSR count). The number of hydrogen-bond donors (Lipinski definition) is 1. The van der Waals surface area contributed by atoms with E-state index in [2.05, 4.69) is 0 Å². The van der Waals surface area contributed by atoms with Crippen molar-refractivity contribution in [2.75, 3.05) is 0 Å². The van der Waals surface area contributed by atoms with Crippen molar-refractivity contribution in [1.82, 2.24) is 0 Å². The van der Waals surface area contributed by atoms with Gasteiger partial charge in [-0.3, -0.25) is 0 Å². The Bertz CT molecular complexity index is 399. The molecule has 0 aliphatic rings. The van der Waals surface area contributed by atoms with Crippen molar-refractivity contribution in [1.29, 1.82) is 0 Å². The van der Waals surface area contributed by atoms with Gasteiger partial charge in [0.25, 0.3) is 0 Å². The van der Waals surface area contributed by atoms with Crippen LogP contribution in [-0.4, -0.2) is 6.18 Å². The van der Waals surface area contributed by atoms with Crippen LogP contribution in [0.5, 0.6) is 0 Å². The lowest BCUT2D eigenvalue weighted by atomic mass is 9.88. The van der Waals surface area contributed by atoms with E-state index >= 15 is 0 Å². The molecule has 1 atom stereocenters. The maximum Gasteiger partial charge on any atom is 0.390 e. The van der Waals surface area contributed by atoms with Gasteiger partial charge in [-0.05, 0) is 41.5 Å². The Hall–Kier alpha value is -1.03. The highest BCUT2D eigenvalue weighted by atomic mass is 19.4. The van der Waals surface area contributed by atoms with Gasteiger partial charge in [0.2, 0.25) is 0 Å². The van der Waals surface area contributed by atoms with Crippen LogP contribution in [0, 0.1) is 0 Å². The number of hydrogen-bond acceptors (Lipinski definition) is 1. The standard InChI is InChI=1S/C15H22F3N/c1-4-10-7-11(5-2)14(12(6-3)8-10)13(19)9-15(16,17)18/h7-8,13H,4-6,9,19H2,1-3H3. The highest BCUT2D eigenvalue weighted by molar-refractivity contribution is 5.41. The summed E-state index contributed by atoms with van der Waals surface area (Å²) in [5.41, 5.74) is 9.57. The average molecular weight is 273 g/mol. The molecule has 0 heterocycles. The van der Waals surface area contributed by atoms with E-state index in [1.807, 2.05) is 32.9 Å². The second kappa shape index (κ2) is 6.42. The van der Waals surface area contributed by atoms with Gasteiger partial charge in [0.1, 0.15) is 0 Å². The molecule has 0 fully saturated rings. The van der Waals surface area contributed by atoms with E-state index < -0.39 is 18.6 Å². The highest BCUT2D eigenvalue weighted by Gasteiger charge is 2.32. The van der Waals surface area contributed by atoms with Crippen molar-refractivity contribution in [2.45, 2.75) is 58.7 Å². The Morgan fingerprint density at radius 3 is 1.79 bits per heavy atom. The van der Waals surface area contributed by atoms with E-state index in [0.717, 1.165) is 23.1 Å². The summed E-state index contributed by atoms with van der Waals surface area (Å²) < 4.78 is 37.6. The van der Waals surface area contributed by atoms with Crippen molar-refractivity contribution < 1.29 is 13.2 Å². The maximum atomic E-state index is 12.5. The zero-order valence-electron chi connectivity index (χ0n) is 11.8.